The summed E-state index contributed by atoms with van der Waals surface area (Å²) in [5.74, 6) is 0. The number of hydrogen-bond acceptors (Lipinski definition) is 4. The highest BCUT2D eigenvalue weighted by Gasteiger charge is 2.19. The van der Waals surface area contributed by atoms with Crippen LogP contribution in [0.3, 0.4) is 0 Å². The van der Waals surface area contributed by atoms with Gasteiger partial charge in [-0.1, -0.05) is 6.07 Å². The largest absolute Gasteiger partial charge is 0.379 e. The molecular formula is C11H18N2OS. The number of morpholine rings is 1. The predicted molar refractivity (Wildman–Crippen MR) is 63.3 cm³/mol. The maximum Gasteiger partial charge on any atom is 0.0620 e. The van der Waals surface area contributed by atoms with Crippen LogP contribution in [0.1, 0.15) is 17.3 Å². The molecule has 3 nitrogen and oxygen atoms in total. The Labute approximate surface area is 94.8 Å². The van der Waals surface area contributed by atoms with E-state index in [-0.39, 0.29) is 0 Å². The Morgan fingerprint density at radius 1 is 1.73 bits per heavy atom. The first-order valence-corrected chi connectivity index (χ1v) is 6.30. The molecule has 0 radical (unpaired) electrons. The Morgan fingerprint density at radius 3 is 3.27 bits per heavy atom. The van der Waals surface area contributed by atoms with Gasteiger partial charge in [0.1, 0.15) is 0 Å². The standard InChI is InChI=1S/C11H18N2OS/c1-12-10(11-3-2-6-15-11)7-9-8-14-5-4-13-9/h2-3,6,9-10,12-13H,4-5,7-8H2,1H3. The predicted octanol–water partition coefficient (Wildman–Crippen LogP) is 1.39. The summed E-state index contributed by atoms with van der Waals surface area (Å²) in [6, 6.07) is 5.23. The van der Waals surface area contributed by atoms with E-state index in [9.17, 15) is 0 Å². The van der Waals surface area contributed by atoms with Gasteiger partial charge in [-0.25, -0.2) is 0 Å². The van der Waals surface area contributed by atoms with Crippen LogP contribution in [0, 0.1) is 0 Å². The molecule has 84 valence electrons. The molecule has 0 saturated carbocycles. The van der Waals surface area contributed by atoms with Crippen molar-refractivity contribution < 1.29 is 4.74 Å². The van der Waals surface area contributed by atoms with Gasteiger partial charge >= 0.3 is 0 Å². The van der Waals surface area contributed by atoms with Gasteiger partial charge < -0.3 is 15.4 Å². The smallest absolute Gasteiger partial charge is 0.0620 e. The lowest BCUT2D eigenvalue weighted by Gasteiger charge is -2.27. The van der Waals surface area contributed by atoms with Crippen LogP contribution in [0.2, 0.25) is 0 Å². The molecule has 0 spiro atoms. The molecule has 1 aromatic rings. The molecule has 0 amide bonds. The minimum Gasteiger partial charge on any atom is -0.379 e. The third-order valence-electron chi connectivity index (χ3n) is 2.75. The molecule has 2 atom stereocenters. The van der Waals surface area contributed by atoms with Crippen LogP contribution in [0.25, 0.3) is 0 Å². The summed E-state index contributed by atoms with van der Waals surface area (Å²) in [4.78, 5) is 1.41. The Balaban J connectivity index is 1.90. The van der Waals surface area contributed by atoms with Gasteiger partial charge in [-0.15, -0.1) is 11.3 Å². The van der Waals surface area contributed by atoms with Crippen LogP contribution in [0.4, 0.5) is 0 Å². The van der Waals surface area contributed by atoms with Gasteiger partial charge in [0.2, 0.25) is 0 Å². The molecule has 1 aliphatic heterocycles. The van der Waals surface area contributed by atoms with E-state index in [1.807, 2.05) is 18.4 Å². The fourth-order valence-corrected chi connectivity index (χ4v) is 2.77. The lowest BCUT2D eigenvalue weighted by molar-refractivity contribution is 0.0710. The lowest BCUT2D eigenvalue weighted by Crippen LogP contribution is -2.43. The van der Waals surface area contributed by atoms with E-state index in [2.05, 4.69) is 28.1 Å². The summed E-state index contributed by atoms with van der Waals surface area (Å²) in [6.07, 6.45) is 1.09. The van der Waals surface area contributed by atoms with Crippen molar-refractivity contribution in [2.24, 2.45) is 0 Å². The average molecular weight is 226 g/mol. The van der Waals surface area contributed by atoms with E-state index in [1.54, 1.807) is 0 Å². The van der Waals surface area contributed by atoms with Crippen molar-refractivity contribution in [3.05, 3.63) is 22.4 Å². The zero-order valence-electron chi connectivity index (χ0n) is 9.03. The van der Waals surface area contributed by atoms with Crippen molar-refractivity contribution in [2.45, 2.75) is 18.5 Å². The maximum absolute atomic E-state index is 5.46. The molecular weight excluding hydrogens is 208 g/mol. The molecule has 1 aromatic heterocycles. The highest BCUT2D eigenvalue weighted by atomic mass is 32.1. The van der Waals surface area contributed by atoms with Gasteiger partial charge in [-0.3, -0.25) is 0 Å². The average Bonchev–Trinajstić information content (AvgIpc) is 2.81. The van der Waals surface area contributed by atoms with Crippen LogP contribution in [-0.4, -0.2) is 32.8 Å². The summed E-state index contributed by atoms with van der Waals surface area (Å²) >= 11 is 1.81. The third kappa shape index (κ3) is 3.01. The van der Waals surface area contributed by atoms with Crippen molar-refractivity contribution in [1.29, 1.82) is 0 Å². The molecule has 4 heteroatoms. The van der Waals surface area contributed by atoms with Crippen LogP contribution in [0.5, 0.6) is 0 Å². The van der Waals surface area contributed by atoms with E-state index in [4.69, 9.17) is 4.74 Å². The first kappa shape index (κ1) is 11.1. The number of nitrogens with one attached hydrogen (secondary N) is 2. The molecule has 0 bridgehead atoms. The SMILES string of the molecule is CNC(CC1COCCN1)c1cccs1. The van der Waals surface area contributed by atoms with E-state index < -0.39 is 0 Å². The van der Waals surface area contributed by atoms with E-state index >= 15 is 0 Å². The van der Waals surface area contributed by atoms with Gasteiger partial charge in [-0.05, 0) is 24.9 Å². The Morgan fingerprint density at radius 2 is 2.67 bits per heavy atom. The summed E-state index contributed by atoms with van der Waals surface area (Å²) in [5.41, 5.74) is 0. The molecule has 1 aliphatic rings. The second-order valence-electron chi connectivity index (χ2n) is 3.82. The fraction of sp³-hybridized carbons (Fsp3) is 0.636. The van der Waals surface area contributed by atoms with Gasteiger partial charge in [0.15, 0.2) is 0 Å². The molecule has 1 saturated heterocycles. The minimum absolute atomic E-state index is 0.448. The first-order valence-electron chi connectivity index (χ1n) is 5.42. The number of rotatable bonds is 4. The third-order valence-corrected chi connectivity index (χ3v) is 3.74. The number of ether oxygens (including phenoxy) is 1. The van der Waals surface area contributed by atoms with Crippen LogP contribution >= 0.6 is 11.3 Å². The van der Waals surface area contributed by atoms with Crippen molar-refractivity contribution in [1.82, 2.24) is 10.6 Å². The van der Waals surface area contributed by atoms with Crippen molar-refractivity contribution >= 4 is 11.3 Å². The van der Waals surface area contributed by atoms with Crippen molar-refractivity contribution in [3.63, 3.8) is 0 Å². The molecule has 1 fully saturated rings. The summed E-state index contributed by atoms with van der Waals surface area (Å²) in [7, 11) is 2.02. The zero-order valence-corrected chi connectivity index (χ0v) is 9.85. The first-order chi connectivity index (χ1) is 7.40. The molecule has 2 unspecified atom stereocenters. The minimum atomic E-state index is 0.448. The zero-order chi connectivity index (χ0) is 10.5. The maximum atomic E-state index is 5.46. The van der Waals surface area contributed by atoms with E-state index in [0.29, 0.717) is 12.1 Å². The molecule has 2 heterocycles. The topological polar surface area (TPSA) is 33.3 Å². The van der Waals surface area contributed by atoms with Gasteiger partial charge in [0.05, 0.1) is 13.2 Å². The fourth-order valence-electron chi connectivity index (χ4n) is 1.92. The number of hydrogen-bond donors (Lipinski definition) is 2. The van der Waals surface area contributed by atoms with Crippen LogP contribution in [0.15, 0.2) is 17.5 Å². The van der Waals surface area contributed by atoms with E-state index in [0.717, 1.165) is 26.2 Å². The summed E-state index contributed by atoms with van der Waals surface area (Å²) in [5, 5.41) is 8.98. The molecule has 0 aliphatic carbocycles. The quantitative estimate of drug-likeness (QED) is 0.814. The molecule has 15 heavy (non-hydrogen) atoms. The van der Waals surface area contributed by atoms with Crippen molar-refractivity contribution in [3.8, 4) is 0 Å². The highest BCUT2D eigenvalue weighted by Crippen LogP contribution is 2.23. The molecule has 0 aromatic carbocycles. The van der Waals surface area contributed by atoms with Gasteiger partial charge in [-0.2, -0.15) is 0 Å². The molecule has 2 N–H and O–H groups in total. The van der Waals surface area contributed by atoms with Gasteiger partial charge in [0.25, 0.3) is 0 Å². The monoisotopic (exact) mass is 226 g/mol. The second kappa shape index (κ2) is 5.61. The molecule has 2 rings (SSSR count). The lowest BCUT2D eigenvalue weighted by atomic mass is 10.1. The Bertz CT molecular complexity index is 270. The Hall–Kier alpha value is -0.420. The highest BCUT2D eigenvalue weighted by molar-refractivity contribution is 7.10. The normalized spacial score (nSPS) is 23.9. The van der Waals surface area contributed by atoms with Gasteiger partial charge in [0, 0.05) is 23.5 Å². The second-order valence-corrected chi connectivity index (χ2v) is 4.80. The summed E-state index contributed by atoms with van der Waals surface area (Å²) in [6.45, 7) is 2.66. The number of thiophene rings is 1. The van der Waals surface area contributed by atoms with Crippen LogP contribution < -0.4 is 10.6 Å². The Kier molecular flexibility index (Phi) is 4.14. The van der Waals surface area contributed by atoms with Crippen LogP contribution in [-0.2, 0) is 4.74 Å². The van der Waals surface area contributed by atoms with E-state index in [1.165, 1.54) is 4.88 Å². The van der Waals surface area contributed by atoms with Crippen molar-refractivity contribution in [2.75, 3.05) is 26.8 Å². The summed E-state index contributed by atoms with van der Waals surface area (Å²) < 4.78 is 5.46.